The first-order chi connectivity index (χ1) is 10.3. The molecule has 5 nitrogen and oxygen atoms in total. The molecule has 0 radical (unpaired) electrons. The number of carbonyl (C=O) groups is 1. The predicted molar refractivity (Wildman–Crippen MR) is 79.9 cm³/mol. The van der Waals surface area contributed by atoms with Gasteiger partial charge in [-0.1, -0.05) is 0 Å². The molecule has 0 aliphatic heterocycles. The second kappa shape index (κ2) is 5.80. The third kappa shape index (κ3) is 2.66. The van der Waals surface area contributed by atoms with Crippen LogP contribution in [0.5, 0.6) is 0 Å². The fourth-order valence-corrected chi connectivity index (χ4v) is 2.86. The van der Waals surface area contributed by atoms with Crippen LogP contribution in [0.4, 0.5) is 0 Å². The Morgan fingerprint density at radius 3 is 2.33 bits per heavy atom. The minimum atomic E-state index is -0.401. The largest absolute Gasteiger partial charge is 0.465 e. The average molecular weight is 297 g/mol. The lowest BCUT2D eigenvalue weighted by Gasteiger charge is -1.99. The highest BCUT2D eigenvalue weighted by molar-refractivity contribution is 7.17. The van der Waals surface area contributed by atoms with Crippen molar-refractivity contribution in [2.24, 2.45) is 0 Å². The van der Waals surface area contributed by atoms with E-state index in [1.165, 1.54) is 18.4 Å². The molecule has 0 aliphatic rings. The molecule has 0 amide bonds. The van der Waals surface area contributed by atoms with E-state index in [-0.39, 0.29) is 0 Å². The van der Waals surface area contributed by atoms with Crippen molar-refractivity contribution in [3.63, 3.8) is 0 Å². The fourth-order valence-electron chi connectivity index (χ4n) is 1.86. The van der Waals surface area contributed by atoms with Crippen molar-refractivity contribution in [2.45, 2.75) is 0 Å². The summed E-state index contributed by atoms with van der Waals surface area (Å²) in [5.74, 6) is -0.401. The number of carbonyl (C=O) groups excluding carboxylic acids is 1. The number of hydrogen-bond acceptors (Lipinski definition) is 6. The topological polar surface area (TPSA) is 65.0 Å². The molecule has 104 valence electrons. The molecule has 21 heavy (non-hydrogen) atoms. The molecule has 3 aromatic rings. The van der Waals surface area contributed by atoms with Crippen LogP contribution >= 0.6 is 11.3 Å². The molecule has 0 atom stereocenters. The van der Waals surface area contributed by atoms with Crippen LogP contribution in [0.3, 0.4) is 0 Å². The Labute approximate surface area is 125 Å². The Kier molecular flexibility index (Phi) is 3.70. The zero-order valence-electron chi connectivity index (χ0n) is 11.2. The van der Waals surface area contributed by atoms with Gasteiger partial charge in [0.25, 0.3) is 0 Å². The Morgan fingerprint density at radius 2 is 1.76 bits per heavy atom. The second-order valence-electron chi connectivity index (χ2n) is 4.17. The number of hydrogen-bond donors (Lipinski definition) is 0. The maximum absolute atomic E-state index is 12.0. The van der Waals surface area contributed by atoms with Gasteiger partial charge in [0, 0.05) is 35.9 Å². The average Bonchev–Trinajstić information content (AvgIpc) is 3.01. The van der Waals surface area contributed by atoms with Gasteiger partial charge < -0.3 is 4.74 Å². The number of nitrogens with zero attached hydrogens (tertiary/aromatic N) is 3. The van der Waals surface area contributed by atoms with E-state index in [1.807, 2.05) is 18.2 Å². The Balaban J connectivity index is 2.14. The highest BCUT2D eigenvalue weighted by Crippen LogP contribution is 2.33. The molecular weight excluding hydrogens is 286 g/mol. The Morgan fingerprint density at radius 1 is 1.10 bits per heavy atom. The van der Waals surface area contributed by atoms with Crippen LogP contribution in [0.1, 0.15) is 9.67 Å². The van der Waals surface area contributed by atoms with Gasteiger partial charge in [0.05, 0.1) is 12.8 Å². The number of esters is 1. The lowest BCUT2D eigenvalue weighted by Crippen LogP contribution is -2.00. The van der Waals surface area contributed by atoms with E-state index in [9.17, 15) is 4.79 Å². The first-order valence-corrected chi connectivity index (χ1v) is 7.01. The summed E-state index contributed by atoms with van der Waals surface area (Å²) < 4.78 is 4.84. The maximum Gasteiger partial charge on any atom is 0.350 e. The van der Waals surface area contributed by atoms with Gasteiger partial charge in [0.1, 0.15) is 9.88 Å². The van der Waals surface area contributed by atoms with E-state index in [2.05, 4.69) is 15.0 Å². The SMILES string of the molecule is COC(=O)c1sc(-c2cccnc2)nc1-c1cccnc1. The van der Waals surface area contributed by atoms with Crippen molar-refractivity contribution < 1.29 is 9.53 Å². The summed E-state index contributed by atoms with van der Waals surface area (Å²) in [5, 5.41) is 0.724. The number of methoxy groups -OCH3 is 1. The first-order valence-electron chi connectivity index (χ1n) is 6.19. The smallest absolute Gasteiger partial charge is 0.350 e. The van der Waals surface area contributed by atoms with Crippen molar-refractivity contribution in [3.8, 4) is 21.8 Å². The molecule has 3 aromatic heterocycles. The quantitative estimate of drug-likeness (QED) is 0.695. The van der Waals surface area contributed by atoms with Gasteiger partial charge >= 0.3 is 5.97 Å². The van der Waals surface area contributed by atoms with Crippen LogP contribution in [0, 0.1) is 0 Å². The van der Waals surface area contributed by atoms with Crippen LogP contribution in [0.2, 0.25) is 0 Å². The molecular formula is C15H11N3O2S. The van der Waals surface area contributed by atoms with Crippen LogP contribution in [0.25, 0.3) is 21.8 Å². The number of aromatic nitrogens is 3. The Bertz CT molecular complexity index is 757. The third-order valence-electron chi connectivity index (χ3n) is 2.84. The number of pyridine rings is 2. The molecule has 0 aromatic carbocycles. The summed E-state index contributed by atoms with van der Waals surface area (Å²) >= 11 is 1.29. The number of rotatable bonds is 3. The van der Waals surface area contributed by atoms with Crippen LogP contribution in [-0.4, -0.2) is 28.0 Å². The van der Waals surface area contributed by atoms with E-state index in [1.54, 1.807) is 30.9 Å². The van der Waals surface area contributed by atoms with Gasteiger partial charge in [-0.15, -0.1) is 11.3 Å². The zero-order valence-corrected chi connectivity index (χ0v) is 12.0. The van der Waals surface area contributed by atoms with Crippen LogP contribution in [-0.2, 0) is 4.74 Å². The minimum absolute atomic E-state index is 0.401. The molecule has 0 bridgehead atoms. The van der Waals surface area contributed by atoms with Gasteiger partial charge in [-0.3, -0.25) is 9.97 Å². The summed E-state index contributed by atoms with van der Waals surface area (Å²) in [6, 6.07) is 7.40. The highest BCUT2D eigenvalue weighted by Gasteiger charge is 2.20. The lowest BCUT2D eigenvalue weighted by molar-refractivity contribution is 0.0607. The zero-order chi connectivity index (χ0) is 14.7. The second-order valence-corrected chi connectivity index (χ2v) is 5.17. The molecule has 0 aliphatic carbocycles. The maximum atomic E-state index is 12.0. The molecule has 0 N–H and O–H groups in total. The number of thiazole rings is 1. The van der Waals surface area contributed by atoms with E-state index in [0.29, 0.717) is 10.6 Å². The molecule has 0 unspecified atom stereocenters. The number of ether oxygens (including phenoxy) is 1. The van der Waals surface area contributed by atoms with Crippen molar-refractivity contribution in [1.82, 2.24) is 15.0 Å². The van der Waals surface area contributed by atoms with Crippen molar-refractivity contribution in [2.75, 3.05) is 7.11 Å². The van der Waals surface area contributed by atoms with Gasteiger partial charge in [0.15, 0.2) is 0 Å². The summed E-state index contributed by atoms with van der Waals surface area (Å²) in [6.07, 6.45) is 6.76. The molecule has 3 heterocycles. The normalized spacial score (nSPS) is 10.3. The predicted octanol–water partition coefficient (Wildman–Crippen LogP) is 3.05. The summed E-state index contributed by atoms with van der Waals surface area (Å²) in [4.78, 5) is 25.1. The van der Waals surface area contributed by atoms with Crippen LogP contribution in [0.15, 0.2) is 49.1 Å². The third-order valence-corrected chi connectivity index (χ3v) is 3.93. The van der Waals surface area contributed by atoms with Crippen molar-refractivity contribution in [3.05, 3.63) is 53.9 Å². The minimum Gasteiger partial charge on any atom is -0.465 e. The molecule has 0 saturated carbocycles. The monoisotopic (exact) mass is 297 g/mol. The van der Waals surface area contributed by atoms with Gasteiger partial charge in [-0.05, 0) is 24.3 Å². The highest BCUT2D eigenvalue weighted by atomic mass is 32.1. The molecule has 0 saturated heterocycles. The standard InChI is InChI=1S/C15H11N3O2S/c1-20-15(19)13-12(10-4-2-6-16-8-10)18-14(21-13)11-5-3-7-17-9-11/h2-9H,1H3. The summed E-state index contributed by atoms with van der Waals surface area (Å²) in [7, 11) is 1.36. The van der Waals surface area contributed by atoms with Crippen molar-refractivity contribution >= 4 is 17.3 Å². The van der Waals surface area contributed by atoms with Gasteiger partial charge in [-0.25, -0.2) is 9.78 Å². The van der Waals surface area contributed by atoms with Gasteiger partial charge in [-0.2, -0.15) is 0 Å². The van der Waals surface area contributed by atoms with Crippen LogP contribution < -0.4 is 0 Å². The van der Waals surface area contributed by atoms with Gasteiger partial charge in [0.2, 0.25) is 0 Å². The molecule has 0 spiro atoms. The fraction of sp³-hybridized carbons (Fsp3) is 0.0667. The Hall–Kier alpha value is -2.60. The van der Waals surface area contributed by atoms with E-state index in [0.717, 1.165) is 16.1 Å². The first kappa shape index (κ1) is 13.4. The molecule has 0 fully saturated rings. The van der Waals surface area contributed by atoms with E-state index >= 15 is 0 Å². The lowest BCUT2D eigenvalue weighted by atomic mass is 10.2. The molecule has 6 heteroatoms. The summed E-state index contributed by atoms with van der Waals surface area (Å²) in [5.41, 5.74) is 2.23. The van der Waals surface area contributed by atoms with E-state index < -0.39 is 5.97 Å². The summed E-state index contributed by atoms with van der Waals surface area (Å²) in [6.45, 7) is 0. The molecule has 3 rings (SSSR count). The van der Waals surface area contributed by atoms with E-state index in [4.69, 9.17) is 4.74 Å². The van der Waals surface area contributed by atoms with Crippen molar-refractivity contribution in [1.29, 1.82) is 0 Å².